The fourth-order valence-corrected chi connectivity index (χ4v) is 2.12. The Morgan fingerprint density at radius 1 is 1.24 bits per heavy atom. The van der Waals surface area contributed by atoms with Gasteiger partial charge in [0.1, 0.15) is 0 Å². The molecule has 2 aromatic heterocycles. The highest BCUT2D eigenvalue weighted by Crippen LogP contribution is 2.18. The van der Waals surface area contributed by atoms with Crippen molar-refractivity contribution in [3.05, 3.63) is 64.7 Å². The molecule has 0 saturated heterocycles. The lowest BCUT2D eigenvalue weighted by Gasteiger charge is -2.02. The number of rotatable bonds is 3. The van der Waals surface area contributed by atoms with E-state index in [9.17, 15) is 0 Å². The highest BCUT2D eigenvalue weighted by Gasteiger charge is 2.07. The number of aromatic nitrogens is 4. The first kappa shape index (κ1) is 13.4. The van der Waals surface area contributed by atoms with Crippen LogP contribution in [-0.4, -0.2) is 26.1 Å². The van der Waals surface area contributed by atoms with Crippen molar-refractivity contribution in [3.8, 4) is 11.4 Å². The number of nitrogens with one attached hydrogen (secondary N) is 1. The molecule has 104 valence electrons. The lowest BCUT2D eigenvalue weighted by atomic mass is 10.1. The molecule has 0 unspecified atom stereocenters. The fraction of sp³-hybridized carbons (Fsp3) is 0.0667. The summed E-state index contributed by atoms with van der Waals surface area (Å²) in [6.07, 6.45) is 5.17. The molecule has 0 aliphatic heterocycles. The zero-order chi connectivity index (χ0) is 14.7. The van der Waals surface area contributed by atoms with E-state index in [0.29, 0.717) is 10.6 Å². The number of hydrogen-bond donors (Lipinski definition) is 1. The van der Waals surface area contributed by atoms with E-state index >= 15 is 0 Å². The van der Waals surface area contributed by atoms with Gasteiger partial charge in [0.25, 0.3) is 0 Å². The molecule has 0 fully saturated rings. The largest absolute Gasteiger partial charge is 0.265 e. The maximum absolute atomic E-state index is 5.24. The average molecular weight is 295 g/mol. The Labute approximate surface area is 127 Å². The molecule has 0 spiro atoms. The van der Waals surface area contributed by atoms with Gasteiger partial charge in [-0.05, 0) is 42.9 Å². The van der Waals surface area contributed by atoms with E-state index < -0.39 is 0 Å². The first-order valence-electron chi connectivity index (χ1n) is 6.43. The van der Waals surface area contributed by atoms with E-state index in [1.807, 2.05) is 43.3 Å². The third kappa shape index (κ3) is 2.95. The Bertz CT molecular complexity index is 833. The fourth-order valence-electron chi connectivity index (χ4n) is 1.94. The number of aromatic amines is 1. The van der Waals surface area contributed by atoms with E-state index in [2.05, 4.69) is 20.3 Å². The van der Waals surface area contributed by atoms with Crippen molar-refractivity contribution in [2.45, 2.75) is 6.92 Å². The molecule has 0 aliphatic carbocycles. The summed E-state index contributed by atoms with van der Waals surface area (Å²) in [7, 11) is 0. The lowest BCUT2D eigenvalue weighted by molar-refractivity contribution is 0.871. The van der Waals surface area contributed by atoms with Gasteiger partial charge in [0, 0.05) is 18.0 Å². The Hall–Kier alpha value is -2.60. The lowest BCUT2D eigenvalue weighted by Crippen LogP contribution is -1.95. The molecule has 0 bridgehead atoms. The van der Waals surface area contributed by atoms with E-state index in [4.69, 9.17) is 12.2 Å². The predicted octanol–water partition coefficient (Wildman–Crippen LogP) is 3.19. The van der Waals surface area contributed by atoms with Crippen molar-refractivity contribution in [1.29, 1.82) is 0 Å². The zero-order valence-electron chi connectivity index (χ0n) is 11.4. The number of aryl methyl sites for hydroxylation is 1. The maximum Gasteiger partial charge on any atom is 0.216 e. The summed E-state index contributed by atoms with van der Waals surface area (Å²) in [5, 5.41) is 11.4. The number of hydrogen-bond acceptors (Lipinski definition) is 4. The molecule has 3 aromatic rings. The van der Waals surface area contributed by atoms with Crippen LogP contribution in [-0.2, 0) is 0 Å². The molecule has 1 N–H and O–H groups in total. The predicted molar refractivity (Wildman–Crippen MR) is 84.8 cm³/mol. The van der Waals surface area contributed by atoms with Crippen molar-refractivity contribution in [3.63, 3.8) is 0 Å². The maximum atomic E-state index is 5.24. The van der Waals surface area contributed by atoms with Crippen LogP contribution in [0, 0.1) is 11.7 Å². The van der Waals surface area contributed by atoms with Gasteiger partial charge in [-0.1, -0.05) is 23.8 Å². The number of nitrogens with zero attached hydrogens (tertiary/aromatic N) is 4. The molecule has 3 rings (SSSR count). The Kier molecular flexibility index (Phi) is 3.70. The van der Waals surface area contributed by atoms with Gasteiger partial charge in [0.2, 0.25) is 4.77 Å². The van der Waals surface area contributed by atoms with Gasteiger partial charge in [-0.25, -0.2) is 5.10 Å². The van der Waals surface area contributed by atoms with Gasteiger partial charge < -0.3 is 0 Å². The first-order chi connectivity index (χ1) is 10.2. The van der Waals surface area contributed by atoms with Crippen molar-refractivity contribution < 1.29 is 0 Å². The van der Waals surface area contributed by atoms with Crippen molar-refractivity contribution in [2.24, 2.45) is 5.10 Å². The average Bonchev–Trinajstić information content (AvgIpc) is 2.87. The normalized spacial score (nSPS) is 11.1. The minimum Gasteiger partial charge on any atom is -0.265 e. The Balaban J connectivity index is 2.02. The van der Waals surface area contributed by atoms with Crippen LogP contribution in [0.2, 0.25) is 0 Å². The summed E-state index contributed by atoms with van der Waals surface area (Å²) in [6, 6.07) is 11.8. The third-order valence-corrected chi connectivity index (χ3v) is 3.22. The molecule has 1 aromatic carbocycles. The van der Waals surface area contributed by atoms with Crippen LogP contribution in [0.4, 0.5) is 0 Å². The standard InChI is InChI=1S/C15H13N5S/c1-11-3-2-4-13(9-11)14-18-19-15(21)20(14)17-10-12-5-7-16-8-6-12/h2-10H,1H3,(H,19,21)/b17-10+. The first-order valence-corrected chi connectivity index (χ1v) is 6.84. The minimum absolute atomic E-state index is 0.455. The zero-order valence-corrected chi connectivity index (χ0v) is 12.2. The molecule has 0 amide bonds. The second-order valence-corrected chi connectivity index (χ2v) is 4.95. The van der Waals surface area contributed by atoms with Gasteiger partial charge in [-0.15, -0.1) is 0 Å². The monoisotopic (exact) mass is 295 g/mol. The van der Waals surface area contributed by atoms with E-state index in [-0.39, 0.29) is 0 Å². The van der Waals surface area contributed by atoms with Gasteiger partial charge in [-0.3, -0.25) is 4.98 Å². The Morgan fingerprint density at radius 2 is 2.05 bits per heavy atom. The van der Waals surface area contributed by atoms with Crippen LogP contribution >= 0.6 is 12.2 Å². The second kappa shape index (κ2) is 5.80. The summed E-state index contributed by atoms with van der Waals surface area (Å²) in [6.45, 7) is 2.04. The van der Waals surface area contributed by atoms with Crippen LogP contribution in [0.5, 0.6) is 0 Å². The second-order valence-electron chi connectivity index (χ2n) is 4.56. The molecule has 0 radical (unpaired) electrons. The van der Waals surface area contributed by atoms with Crippen molar-refractivity contribution in [1.82, 2.24) is 19.9 Å². The number of benzene rings is 1. The highest BCUT2D eigenvalue weighted by molar-refractivity contribution is 7.71. The van der Waals surface area contributed by atoms with Crippen molar-refractivity contribution >= 4 is 18.4 Å². The van der Waals surface area contributed by atoms with Gasteiger partial charge in [0.15, 0.2) is 5.82 Å². The van der Waals surface area contributed by atoms with Crippen LogP contribution in [0.15, 0.2) is 53.9 Å². The van der Waals surface area contributed by atoms with E-state index in [1.165, 1.54) is 0 Å². The summed E-state index contributed by atoms with van der Waals surface area (Å²) in [4.78, 5) is 3.98. The van der Waals surface area contributed by atoms with Crippen LogP contribution < -0.4 is 0 Å². The molecule has 0 saturated carbocycles. The van der Waals surface area contributed by atoms with E-state index in [0.717, 1.165) is 16.7 Å². The summed E-state index contributed by atoms with van der Waals surface area (Å²) in [5.74, 6) is 0.689. The van der Waals surface area contributed by atoms with Crippen LogP contribution in [0.25, 0.3) is 11.4 Å². The van der Waals surface area contributed by atoms with Gasteiger partial charge >= 0.3 is 0 Å². The molecular weight excluding hydrogens is 282 g/mol. The molecule has 6 heteroatoms. The number of pyridine rings is 1. The van der Waals surface area contributed by atoms with Crippen LogP contribution in [0.1, 0.15) is 11.1 Å². The highest BCUT2D eigenvalue weighted by atomic mass is 32.1. The quantitative estimate of drug-likeness (QED) is 0.596. The molecule has 2 heterocycles. The smallest absolute Gasteiger partial charge is 0.216 e. The van der Waals surface area contributed by atoms with Gasteiger partial charge in [0.05, 0.1) is 6.21 Å². The SMILES string of the molecule is Cc1cccc(-c2n[nH]c(=S)n2/N=C/c2ccncc2)c1. The van der Waals surface area contributed by atoms with E-state index in [1.54, 1.807) is 23.3 Å². The molecule has 21 heavy (non-hydrogen) atoms. The molecule has 0 aliphatic rings. The molecule has 5 nitrogen and oxygen atoms in total. The number of H-pyrrole nitrogens is 1. The van der Waals surface area contributed by atoms with Crippen LogP contribution in [0.3, 0.4) is 0 Å². The third-order valence-electron chi connectivity index (χ3n) is 2.96. The molecule has 0 atom stereocenters. The Morgan fingerprint density at radius 3 is 2.81 bits per heavy atom. The minimum atomic E-state index is 0.455. The molecular formula is C15H13N5S. The topological polar surface area (TPSA) is 58.9 Å². The van der Waals surface area contributed by atoms with Crippen molar-refractivity contribution in [2.75, 3.05) is 0 Å². The summed E-state index contributed by atoms with van der Waals surface area (Å²) in [5.41, 5.74) is 3.07. The van der Waals surface area contributed by atoms with Gasteiger partial charge in [-0.2, -0.15) is 14.9 Å². The summed E-state index contributed by atoms with van der Waals surface area (Å²) >= 11 is 5.24. The summed E-state index contributed by atoms with van der Waals surface area (Å²) < 4.78 is 2.07.